The molecule has 0 saturated heterocycles. The summed E-state index contributed by atoms with van der Waals surface area (Å²) in [6.45, 7) is -1.86. The molecule has 0 bridgehead atoms. The number of benzene rings is 1. The Hall–Kier alpha value is -2.15. The summed E-state index contributed by atoms with van der Waals surface area (Å²) >= 11 is 1.12. The molecule has 0 N–H and O–H groups in total. The minimum Gasteiger partial charge on any atom is -0.497 e. The fraction of sp³-hybridized carbons (Fsp3) is 0.353. The lowest BCUT2D eigenvalue weighted by molar-refractivity contribution is -0.0499. The van der Waals surface area contributed by atoms with Gasteiger partial charge in [-0.15, -0.1) is 11.3 Å². The van der Waals surface area contributed by atoms with E-state index in [1.54, 1.807) is 17.4 Å². The molecule has 24 heavy (non-hydrogen) atoms. The zero-order chi connectivity index (χ0) is 17.1. The molecule has 1 aromatic carbocycles. The van der Waals surface area contributed by atoms with Crippen LogP contribution < -0.4 is 9.47 Å². The lowest BCUT2D eigenvalue weighted by atomic mass is 10.0. The molecule has 1 aliphatic rings. The van der Waals surface area contributed by atoms with Gasteiger partial charge in [-0.1, -0.05) is 6.07 Å². The van der Waals surface area contributed by atoms with Gasteiger partial charge in [-0.3, -0.25) is 4.79 Å². The van der Waals surface area contributed by atoms with Crippen LogP contribution in [-0.4, -0.2) is 37.6 Å². The Balaban J connectivity index is 1.75. The normalized spacial score (nSPS) is 14.2. The standard InChI is InChI=1S/C17H17F2NO3S/c1-22-13-3-2-11-4-7-20(8-5-12(11)10-13)16(21)15-14(6-9-24-15)23-17(18)19/h2-3,6,9-10,17H,4-5,7-8H2,1H3. The van der Waals surface area contributed by atoms with Gasteiger partial charge < -0.3 is 14.4 Å². The van der Waals surface area contributed by atoms with Crippen molar-refractivity contribution in [2.24, 2.45) is 0 Å². The van der Waals surface area contributed by atoms with Crippen molar-refractivity contribution in [1.82, 2.24) is 4.90 Å². The van der Waals surface area contributed by atoms with Gasteiger partial charge in [0.1, 0.15) is 16.4 Å². The summed E-state index contributed by atoms with van der Waals surface area (Å²) < 4.78 is 34.6. The largest absolute Gasteiger partial charge is 0.497 e. The SMILES string of the molecule is COc1ccc2c(c1)CCN(C(=O)c1sccc1OC(F)F)CC2. The lowest BCUT2D eigenvalue weighted by Gasteiger charge is -2.20. The molecule has 0 spiro atoms. The van der Waals surface area contributed by atoms with Crippen LogP contribution in [0.15, 0.2) is 29.6 Å². The highest BCUT2D eigenvalue weighted by atomic mass is 32.1. The van der Waals surface area contributed by atoms with Crippen molar-refractivity contribution in [2.45, 2.75) is 19.5 Å². The maximum Gasteiger partial charge on any atom is 0.387 e. The third-order valence-corrected chi connectivity index (χ3v) is 4.93. The number of carbonyl (C=O) groups excluding carboxylic acids is 1. The first kappa shape index (κ1) is 16.7. The molecule has 1 aliphatic heterocycles. The molecule has 2 heterocycles. The summed E-state index contributed by atoms with van der Waals surface area (Å²) in [5, 5.41) is 1.59. The number of ether oxygens (including phenoxy) is 2. The van der Waals surface area contributed by atoms with Crippen molar-refractivity contribution in [3.8, 4) is 11.5 Å². The fourth-order valence-electron chi connectivity index (χ4n) is 2.82. The Labute approximate surface area is 142 Å². The summed E-state index contributed by atoms with van der Waals surface area (Å²) in [5.41, 5.74) is 2.33. The molecule has 0 unspecified atom stereocenters. The molecular formula is C17H17F2NO3S. The van der Waals surface area contributed by atoms with E-state index >= 15 is 0 Å². The van der Waals surface area contributed by atoms with Crippen LogP contribution in [0.1, 0.15) is 20.8 Å². The van der Waals surface area contributed by atoms with Crippen LogP contribution in [-0.2, 0) is 12.8 Å². The number of amides is 1. The van der Waals surface area contributed by atoms with Gasteiger partial charge in [0.2, 0.25) is 0 Å². The van der Waals surface area contributed by atoms with Crippen LogP contribution in [0.3, 0.4) is 0 Å². The summed E-state index contributed by atoms with van der Waals surface area (Å²) in [6, 6.07) is 7.31. The van der Waals surface area contributed by atoms with Gasteiger partial charge in [0, 0.05) is 13.1 Å². The molecule has 0 fully saturated rings. The number of methoxy groups -OCH3 is 1. The summed E-state index contributed by atoms with van der Waals surface area (Å²) in [7, 11) is 1.62. The van der Waals surface area contributed by atoms with Gasteiger partial charge in [0.05, 0.1) is 7.11 Å². The van der Waals surface area contributed by atoms with E-state index in [0.717, 1.165) is 29.1 Å². The van der Waals surface area contributed by atoms with E-state index in [9.17, 15) is 13.6 Å². The number of nitrogens with zero attached hydrogens (tertiary/aromatic N) is 1. The third-order valence-electron chi connectivity index (χ3n) is 4.04. The van der Waals surface area contributed by atoms with Gasteiger partial charge in [-0.2, -0.15) is 8.78 Å². The second-order valence-electron chi connectivity index (χ2n) is 5.42. The van der Waals surface area contributed by atoms with Crippen LogP contribution in [0, 0.1) is 0 Å². The second-order valence-corrected chi connectivity index (χ2v) is 6.34. The maximum absolute atomic E-state index is 12.7. The second kappa shape index (κ2) is 7.17. The average Bonchev–Trinajstić information content (AvgIpc) is 2.91. The van der Waals surface area contributed by atoms with E-state index in [1.165, 1.54) is 11.6 Å². The molecule has 7 heteroatoms. The van der Waals surface area contributed by atoms with Crippen molar-refractivity contribution >= 4 is 17.2 Å². The predicted molar refractivity (Wildman–Crippen MR) is 87.3 cm³/mol. The monoisotopic (exact) mass is 353 g/mol. The minimum atomic E-state index is -2.94. The molecular weight excluding hydrogens is 336 g/mol. The maximum atomic E-state index is 12.7. The van der Waals surface area contributed by atoms with Crippen molar-refractivity contribution in [1.29, 1.82) is 0 Å². The summed E-state index contributed by atoms with van der Waals surface area (Å²) in [5.74, 6) is 0.475. The molecule has 4 nitrogen and oxygen atoms in total. The van der Waals surface area contributed by atoms with Gasteiger partial charge in [-0.05, 0) is 47.5 Å². The van der Waals surface area contributed by atoms with E-state index < -0.39 is 6.61 Å². The number of rotatable bonds is 4. The number of halogens is 2. The average molecular weight is 353 g/mol. The zero-order valence-corrected chi connectivity index (χ0v) is 13.9. The number of thiophene rings is 1. The van der Waals surface area contributed by atoms with E-state index in [0.29, 0.717) is 19.5 Å². The molecule has 1 amide bonds. The molecule has 0 aliphatic carbocycles. The highest BCUT2D eigenvalue weighted by Gasteiger charge is 2.24. The zero-order valence-electron chi connectivity index (χ0n) is 13.1. The molecule has 0 atom stereocenters. The van der Waals surface area contributed by atoms with Crippen LogP contribution in [0.25, 0.3) is 0 Å². The van der Waals surface area contributed by atoms with Crippen molar-refractivity contribution in [3.63, 3.8) is 0 Å². The number of alkyl halides is 2. The van der Waals surface area contributed by atoms with E-state index in [2.05, 4.69) is 4.74 Å². The van der Waals surface area contributed by atoms with Crippen LogP contribution in [0.2, 0.25) is 0 Å². The van der Waals surface area contributed by atoms with Crippen LogP contribution in [0.5, 0.6) is 11.5 Å². The highest BCUT2D eigenvalue weighted by molar-refractivity contribution is 7.12. The summed E-state index contributed by atoms with van der Waals surface area (Å²) in [6.07, 6.45) is 1.43. The van der Waals surface area contributed by atoms with Crippen molar-refractivity contribution in [2.75, 3.05) is 20.2 Å². The molecule has 1 aromatic heterocycles. The Morgan fingerprint density at radius 1 is 1.21 bits per heavy atom. The number of carbonyl (C=O) groups is 1. The van der Waals surface area contributed by atoms with Gasteiger partial charge in [-0.25, -0.2) is 0 Å². The van der Waals surface area contributed by atoms with E-state index in [4.69, 9.17) is 4.74 Å². The lowest BCUT2D eigenvalue weighted by Crippen LogP contribution is -2.33. The quantitative estimate of drug-likeness (QED) is 0.843. The number of fused-ring (bicyclic) bond motifs is 1. The molecule has 128 valence electrons. The first-order chi connectivity index (χ1) is 11.6. The first-order valence-corrected chi connectivity index (χ1v) is 8.44. The molecule has 0 saturated carbocycles. The van der Waals surface area contributed by atoms with E-state index in [-0.39, 0.29) is 16.5 Å². The molecule has 3 rings (SSSR count). The smallest absolute Gasteiger partial charge is 0.387 e. The Kier molecular flexibility index (Phi) is 4.99. The Morgan fingerprint density at radius 3 is 2.67 bits per heavy atom. The molecule has 2 aromatic rings. The van der Waals surface area contributed by atoms with Gasteiger partial charge in [0.15, 0.2) is 0 Å². The topological polar surface area (TPSA) is 38.8 Å². The minimum absolute atomic E-state index is 0.0524. The van der Waals surface area contributed by atoms with Gasteiger partial charge >= 0.3 is 6.61 Å². The number of hydrogen-bond acceptors (Lipinski definition) is 4. The first-order valence-electron chi connectivity index (χ1n) is 7.56. The van der Waals surface area contributed by atoms with Crippen molar-refractivity contribution in [3.05, 3.63) is 45.6 Å². The summed E-state index contributed by atoms with van der Waals surface area (Å²) in [4.78, 5) is 14.6. The fourth-order valence-corrected chi connectivity index (χ4v) is 3.61. The third kappa shape index (κ3) is 3.51. The Morgan fingerprint density at radius 2 is 1.96 bits per heavy atom. The van der Waals surface area contributed by atoms with Crippen LogP contribution in [0.4, 0.5) is 8.78 Å². The highest BCUT2D eigenvalue weighted by Crippen LogP contribution is 2.29. The number of hydrogen-bond donors (Lipinski definition) is 0. The van der Waals surface area contributed by atoms with E-state index in [1.807, 2.05) is 18.2 Å². The van der Waals surface area contributed by atoms with Crippen molar-refractivity contribution < 1.29 is 23.0 Å². The predicted octanol–water partition coefficient (Wildman–Crippen LogP) is 3.60. The molecule has 0 radical (unpaired) electrons. The van der Waals surface area contributed by atoms with Gasteiger partial charge in [0.25, 0.3) is 5.91 Å². The van der Waals surface area contributed by atoms with Crippen LogP contribution >= 0.6 is 11.3 Å². The Bertz CT molecular complexity index is 732.